The maximum atomic E-state index is 11.8. The molecule has 0 aromatic rings. The number of piperazine rings is 1. The normalized spacial score (nSPS) is 21.6. The zero-order valence-corrected chi connectivity index (χ0v) is 10.7. The van der Waals surface area contributed by atoms with Crippen molar-refractivity contribution in [2.45, 2.75) is 25.7 Å². The van der Waals surface area contributed by atoms with Crippen molar-refractivity contribution in [3.8, 4) is 0 Å². The molecule has 100 valence electrons. The number of nitrogens with one attached hydrogen (secondary N) is 1. The molecular formula is C13H21N3O2. The molecule has 0 aromatic carbocycles. The number of allylic oxidation sites excluding steroid dienone is 1. The van der Waals surface area contributed by atoms with Gasteiger partial charge in [0.05, 0.1) is 0 Å². The number of hydrogen-bond acceptors (Lipinski definition) is 2. The molecule has 1 saturated carbocycles. The highest BCUT2D eigenvalue weighted by Gasteiger charge is 2.19. The van der Waals surface area contributed by atoms with E-state index in [9.17, 15) is 9.59 Å². The molecule has 0 aromatic heterocycles. The van der Waals surface area contributed by atoms with E-state index < -0.39 is 0 Å². The summed E-state index contributed by atoms with van der Waals surface area (Å²) in [6.45, 7) is 2.48. The summed E-state index contributed by atoms with van der Waals surface area (Å²) in [6.07, 6.45) is 9.81. The molecule has 1 aliphatic carbocycles. The lowest BCUT2D eigenvalue weighted by molar-refractivity contribution is -0.119. The van der Waals surface area contributed by atoms with Crippen molar-refractivity contribution in [3.05, 3.63) is 12.3 Å². The van der Waals surface area contributed by atoms with Crippen LogP contribution in [-0.2, 0) is 4.79 Å². The Kier molecular flexibility index (Phi) is 4.61. The number of carbonyl (C=O) groups excluding carboxylic acids is 2. The Morgan fingerprint density at radius 3 is 2.39 bits per heavy atom. The predicted molar refractivity (Wildman–Crippen MR) is 68.8 cm³/mol. The summed E-state index contributed by atoms with van der Waals surface area (Å²) < 4.78 is 0. The summed E-state index contributed by atoms with van der Waals surface area (Å²) in [5.41, 5.74) is 0. The first-order valence-corrected chi connectivity index (χ1v) is 6.71. The Hall–Kier alpha value is -1.52. The third-order valence-electron chi connectivity index (χ3n) is 3.73. The van der Waals surface area contributed by atoms with Crippen LogP contribution in [0.25, 0.3) is 0 Å². The number of amides is 3. The van der Waals surface area contributed by atoms with E-state index in [-0.39, 0.29) is 6.03 Å². The fourth-order valence-electron chi connectivity index (χ4n) is 2.53. The Morgan fingerprint density at radius 1 is 1.11 bits per heavy atom. The van der Waals surface area contributed by atoms with Gasteiger partial charge in [-0.2, -0.15) is 0 Å². The quantitative estimate of drug-likeness (QED) is 0.766. The lowest BCUT2D eigenvalue weighted by atomic mass is 10.1. The smallest absolute Gasteiger partial charge is 0.321 e. The number of urea groups is 1. The molecule has 5 nitrogen and oxygen atoms in total. The Balaban J connectivity index is 1.69. The van der Waals surface area contributed by atoms with E-state index in [0.717, 1.165) is 6.41 Å². The summed E-state index contributed by atoms with van der Waals surface area (Å²) in [5.74, 6) is 0.636. The van der Waals surface area contributed by atoms with E-state index in [1.807, 2.05) is 0 Å². The van der Waals surface area contributed by atoms with E-state index in [4.69, 9.17) is 0 Å². The highest BCUT2D eigenvalue weighted by Crippen LogP contribution is 2.25. The van der Waals surface area contributed by atoms with Gasteiger partial charge < -0.3 is 15.1 Å². The molecule has 1 heterocycles. The molecule has 1 N–H and O–H groups in total. The van der Waals surface area contributed by atoms with Gasteiger partial charge in [-0.3, -0.25) is 4.79 Å². The van der Waals surface area contributed by atoms with Gasteiger partial charge in [0.15, 0.2) is 0 Å². The molecule has 2 fully saturated rings. The number of nitrogens with zero attached hydrogens (tertiary/aromatic N) is 2. The second kappa shape index (κ2) is 6.42. The Bertz CT molecular complexity index is 316. The monoisotopic (exact) mass is 251 g/mol. The Labute approximate surface area is 108 Å². The van der Waals surface area contributed by atoms with Gasteiger partial charge in [0.2, 0.25) is 6.41 Å². The molecule has 1 aliphatic heterocycles. The van der Waals surface area contributed by atoms with E-state index in [1.54, 1.807) is 16.0 Å². The summed E-state index contributed by atoms with van der Waals surface area (Å²) in [6, 6.07) is -0.0604. The van der Waals surface area contributed by atoms with Crippen LogP contribution in [0.15, 0.2) is 12.3 Å². The molecular weight excluding hydrogens is 230 g/mol. The van der Waals surface area contributed by atoms with E-state index >= 15 is 0 Å². The summed E-state index contributed by atoms with van der Waals surface area (Å²) in [5, 5.41) is 2.81. The molecule has 2 aliphatic rings. The van der Waals surface area contributed by atoms with Crippen LogP contribution >= 0.6 is 0 Å². The highest BCUT2D eigenvalue weighted by molar-refractivity contribution is 5.75. The molecule has 0 radical (unpaired) electrons. The van der Waals surface area contributed by atoms with Gasteiger partial charge in [-0.25, -0.2) is 4.79 Å². The molecule has 0 spiro atoms. The maximum Gasteiger partial charge on any atom is 0.321 e. The average Bonchev–Trinajstić information content (AvgIpc) is 2.92. The SMILES string of the molecule is O=CN1CCN(C(=O)N/C=C/C2CCCC2)CC1. The topological polar surface area (TPSA) is 52.7 Å². The standard InChI is InChI=1S/C13H21N3O2/c17-11-15-7-9-16(10-8-15)13(18)14-6-5-12-3-1-2-4-12/h5-6,11-12H,1-4,7-10H2,(H,14,18)/b6-5+. The molecule has 3 amide bonds. The molecule has 0 atom stereocenters. The first-order valence-electron chi connectivity index (χ1n) is 6.71. The van der Waals surface area contributed by atoms with Crippen LogP contribution in [0.4, 0.5) is 4.79 Å². The Morgan fingerprint density at radius 2 is 1.78 bits per heavy atom. The first-order chi connectivity index (χ1) is 8.79. The van der Waals surface area contributed by atoms with Crippen LogP contribution < -0.4 is 5.32 Å². The van der Waals surface area contributed by atoms with Crippen molar-refractivity contribution < 1.29 is 9.59 Å². The van der Waals surface area contributed by atoms with Crippen molar-refractivity contribution in [2.75, 3.05) is 26.2 Å². The minimum Gasteiger partial charge on any atom is -0.342 e. The largest absolute Gasteiger partial charge is 0.342 e. The van der Waals surface area contributed by atoms with Gasteiger partial charge in [0.1, 0.15) is 0 Å². The third kappa shape index (κ3) is 3.48. The van der Waals surface area contributed by atoms with Gasteiger partial charge in [-0.05, 0) is 18.8 Å². The van der Waals surface area contributed by atoms with Crippen LogP contribution in [0, 0.1) is 5.92 Å². The minimum atomic E-state index is -0.0604. The van der Waals surface area contributed by atoms with E-state index in [1.165, 1.54) is 25.7 Å². The van der Waals surface area contributed by atoms with Crippen molar-refractivity contribution in [3.63, 3.8) is 0 Å². The zero-order valence-electron chi connectivity index (χ0n) is 10.7. The fourth-order valence-corrected chi connectivity index (χ4v) is 2.53. The first kappa shape index (κ1) is 12.9. The summed E-state index contributed by atoms with van der Waals surface area (Å²) >= 11 is 0. The minimum absolute atomic E-state index is 0.0604. The molecule has 5 heteroatoms. The van der Waals surface area contributed by atoms with Crippen LogP contribution in [-0.4, -0.2) is 48.4 Å². The fraction of sp³-hybridized carbons (Fsp3) is 0.692. The summed E-state index contributed by atoms with van der Waals surface area (Å²) in [4.78, 5) is 25.8. The molecule has 0 unspecified atom stereocenters. The van der Waals surface area contributed by atoms with Gasteiger partial charge in [0.25, 0.3) is 0 Å². The molecule has 0 bridgehead atoms. The molecule has 2 rings (SSSR count). The summed E-state index contributed by atoms with van der Waals surface area (Å²) in [7, 11) is 0. The van der Waals surface area contributed by atoms with Crippen molar-refractivity contribution in [1.29, 1.82) is 0 Å². The van der Waals surface area contributed by atoms with Gasteiger partial charge in [0, 0.05) is 32.4 Å². The number of rotatable bonds is 3. The van der Waals surface area contributed by atoms with Crippen molar-refractivity contribution >= 4 is 12.4 Å². The second-order valence-electron chi connectivity index (χ2n) is 4.98. The van der Waals surface area contributed by atoms with Gasteiger partial charge >= 0.3 is 6.03 Å². The highest BCUT2D eigenvalue weighted by atomic mass is 16.2. The van der Waals surface area contributed by atoms with Crippen molar-refractivity contribution in [2.24, 2.45) is 5.92 Å². The number of carbonyl (C=O) groups is 2. The number of hydrogen-bond donors (Lipinski definition) is 1. The second-order valence-corrected chi connectivity index (χ2v) is 4.98. The van der Waals surface area contributed by atoms with Crippen LogP contribution in [0.3, 0.4) is 0 Å². The van der Waals surface area contributed by atoms with Crippen LogP contribution in [0.2, 0.25) is 0 Å². The lowest BCUT2D eigenvalue weighted by Gasteiger charge is -2.32. The van der Waals surface area contributed by atoms with Crippen LogP contribution in [0.5, 0.6) is 0 Å². The van der Waals surface area contributed by atoms with Gasteiger partial charge in [-0.15, -0.1) is 0 Å². The maximum absolute atomic E-state index is 11.8. The third-order valence-corrected chi connectivity index (χ3v) is 3.73. The van der Waals surface area contributed by atoms with Gasteiger partial charge in [-0.1, -0.05) is 18.9 Å². The molecule has 1 saturated heterocycles. The predicted octanol–water partition coefficient (Wildman–Crippen LogP) is 1.17. The van der Waals surface area contributed by atoms with Crippen LogP contribution in [0.1, 0.15) is 25.7 Å². The zero-order chi connectivity index (χ0) is 12.8. The van der Waals surface area contributed by atoms with Crippen molar-refractivity contribution in [1.82, 2.24) is 15.1 Å². The van der Waals surface area contributed by atoms with E-state index in [0.29, 0.717) is 32.1 Å². The molecule has 18 heavy (non-hydrogen) atoms. The lowest BCUT2D eigenvalue weighted by Crippen LogP contribution is -2.50. The average molecular weight is 251 g/mol. The van der Waals surface area contributed by atoms with E-state index in [2.05, 4.69) is 11.4 Å².